The van der Waals surface area contributed by atoms with E-state index in [1.165, 1.54) is 13.8 Å². The van der Waals surface area contributed by atoms with Gasteiger partial charge in [-0.2, -0.15) is 0 Å². The molecule has 0 aromatic rings. The van der Waals surface area contributed by atoms with Crippen molar-refractivity contribution in [1.29, 1.82) is 0 Å². The highest BCUT2D eigenvalue weighted by molar-refractivity contribution is 5.86. The van der Waals surface area contributed by atoms with E-state index in [0.717, 1.165) is 12.8 Å². The van der Waals surface area contributed by atoms with Gasteiger partial charge in [0.25, 0.3) is 0 Å². The number of esters is 1. The van der Waals surface area contributed by atoms with E-state index < -0.39 is 35.9 Å². The SMILES string of the molecule is C=CCCCO[C@H]1C[C@@H](OC(C)=O)[C@@](O)(C(C)=O)[C@H](C)O1. The van der Waals surface area contributed by atoms with Crippen molar-refractivity contribution in [1.82, 2.24) is 0 Å². The maximum absolute atomic E-state index is 11.8. The molecule has 1 rings (SSSR count). The third kappa shape index (κ3) is 4.36. The van der Waals surface area contributed by atoms with Crippen LogP contribution in [-0.4, -0.2) is 47.6 Å². The van der Waals surface area contributed by atoms with Crippen molar-refractivity contribution in [2.75, 3.05) is 6.61 Å². The van der Waals surface area contributed by atoms with Crippen molar-refractivity contribution in [3.05, 3.63) is 12.7 Å². The Hall–Kier alpha value is -1.24. The van der Waals surface area contributed by atoms with Crippen LogP contribution in [0.15, 0.2) is 12.7 Å². The summed E-state index contributed by atoms with van der Waals surface area (Å²) in [7, 11) is 0. The zero-order valence-electron chi connectivity index (χ0n) is 12.8. The average molecular weight is 300 g/mol. The van der Waals surface area contributed by atoms with Crippen LogP contribution in [0.4, 0.5) is 0 Å². The van der Waals surface area contributed by atoms with Crippen molar-refractivity contribution in [2.24, 2.45) is 0 Å². The molecule has 0 aliphatic carbocycles. The lowest BCUT2D eigenvalue weighted by molar-refractivity contribution is -0.276. The zero-order chi connectivity index (χ0) is 16.0. The Kier molecular flexibility index (Phi) is 6.51. The third-order valence-corrected chi connectivity index (χ3v) is 3.60. The standard InChI is InChI=1S/C15H24O6/c1-5-6-7-8-19-14-9-13(21-12(4)17)15(18,10(2)16)11(3)20-14/h5,11,13-14,18H,1,6-9H2,2-4H3/t11-,13+,14+,15+/m0/s1. The normalized spacial score (nSPS) is 32.5. The van der Waals surface area contributed by atoms with Gasteiger partial charge in [0.2, 0.25) is 0 Å². The first-order valence-corrected chi connectivity index (χ1v) is 7.11. The molecule has 0 saturated carbocycles. The number of ether oxygens (including phenoxy) is 3. The Morgan fingerprint density at radius 3 is 2.67 bits per heavy atom. The second-order valence-corrected chi connectivity index (χ2v) is 5.22. The largest absolute Gasteiger partial charge is 0.459 e. The van der Waals surface area contributed by atoms with Crippen molar-refractivity contribution in [2.45, 2.75) is 64.1 Å². The zero-order valence-corrected chi connectivity index (χ0v) is 12.8. The molecule has 1 aliphatic rings. The fourth-order valence-electron chi connectivity index (χ4n) is 2.40. The lowest BCUT2D eigenvalue weighted by atomic mass is 9.83. The number of rotatable bonds is 7. The maximum atomic E-state index is 11.8. The Morgan fingerprint density at radius 1 is 1.48 bits per heavy atom. The molecule has 21 heavy (non-hydrogen) atoms. The number of hydrogen-bond acceptors (Lipinski definition) is 6. The number of carbonyl (C=O) groups is 2. The molecule has 6 nitrogen and oxygen atoms in total. The molecular weight excluding hydrogens is 276 g/mol. The summed E-state index contributed by atoms with van der Waals surface area (Å²) in [6.07, 6.45) is 1.13. The fraction of sp³-hybridized carbons (Fsp3) is 0.733. The van der Waals surface area contributed by atoms with Crippen molar-refractivity contribution in [3.63, 3.8) is 0 Å². The first-order chi connectivity index (χ1) is 9.82. The molecule has 4 atom stereocenters. The number of Topliss-reactive ketones (excluding diaryl/α,β-unsaturated/α-hetero) is 1. The highest BCUT2D eigenvalue weighted by atomic mass is 16.7. The molecule has 0 aromatic carbocycles. The van der Waals surface area contributed by atoms with Crippen LogP contribution in [0.3, 0.4) is 0 Å². The maximum Gasteiger partial charge on any atom is 0.303 e. The number of ketones is 1. The van der Waals surface area contributed by atoms with Gasteiger partial charge in [-0.1, -0.05) is 6.08 Å². The summed E-state index contributed by atoms with van der Waals surface area (Å²) in [5.41, 5.74) is -1.84. The molecule has 0 amide bonds. The van der Waals surface area contributed by atoms with Gasteiger partial charge in [0.15, 0.2) is 17.7 Å². The summed E-state index contributed by atoms with van der Waals surface area (Å²) in [5.74, 6) is -1.05. The van der Waals surface area contributed by atoms with E-state index in [4.69, 9.17) is 14.2 Å². The molecule has 0 bridgehead atoms. The van der Waals surface area contributed by atoms with Gasteiger partial charge in [0, 0.05) is 13.3 Å². The summed E-state index contributed by atoms with van der Waals surface area (Å²) in [4.78, 5) is 23.0. The third-order valence-electron chi connectivity index (χ3n) is 3.60. The first kappa shape index (κ1) is 17.8. The molecular formula is C15H24O6. The molecule has 0 radical (unpaired) electrons. The topological polar surface area (TPSA) is 82.1 Å². The summed E-state index contributed by atoms with van der Waals surface area (Å²) < 4.78 is 16.2. The molecule has 1 saturated heterocycles. The van der Waals surface area contributed by atoms with E-state index in [9.17, 15) is 14.7 Å². The smallest absolute Gasteiger partial charge is 0.303 e. The minimum Gasteiger partial charge on any atom is -0.459 e. The number of carbonyl (C=O) groups excluding carboxylic acids is 2. The molecule has 0 unspecified atom stereocenters. The van der Waals surface area contributed by atoms with Crippen LogP contribution in [0.2, 0.25) is 0 Å². The van der Waals surface area contributed by atoms with Gasteiger partial charge in [-0.25, -0.2) is 0 Å². The second kappa shape index (κ2) is 7.68. The molecule has 1 aliphatic heterocycles. The summed E-state index contributed by atoms with van der Waals surface area (Å²) in [6.45, 7) is 8.15. The fourth-order valence-corrected chi connectivity index (χ4v) is 2.40. The van der Waals surface area contributed by atoms with Crippen LogP contribution in [0.5, 0.6) is 0 Å². The van der Waals surface area contributed by atoms with Crippen LogP contribution in [0.25, 0.3) is 0 Å². The Labute approximate surface area is 125 Å². The van der Waals surface area contributed by atoms with E-state index >= 15 is 0 Å². The van der Waals surface area contributed by atoms with Gasteiger partial charge >= 0.3 is 5.97 Å². The summed E-state index contributed by atoms with van der Waals surface area (Å²) in [6, 6.07) is 0. The highest BCUT2D eigenvalue weighted by Crippen LogP contribution is 2.33. The van der Waals surface area contributed by atoms with Crippen LogP contribution >= 0.6 is 0 Å². The van der Waals surface area contributed by atoms with Gasteiger partial charge < -0.3 is 19.3 Å². The molecule has 1 heterocycles. The molecule has 6 heteroatoms. The molecule has 1 fully saturated rings. The minimum atomic E-state index is -1.84. The van der Waals surface area contributed by atoms with E-state index in [-0.39, 0.29) is 6.42 Å². The Bertz CT molecular complexity index is 394. The average Bonchev–Trinajstić information content (AvgIpc) is 2.39. The van der Waals surface area contributed by atoms with E-state index in [1.54, 1.807) is 13.0 Å². The van der Waals surface area contributed by atoms with Crippen molar-refractivity contribution >= 4 is 11.8 Å². The highest BCUT2D eigenvalue weighted by Gasteiger charge is 2.54. The Morgan fingerprint density at radius 2 is 2.14 bits per heavy atom. The van der Waals surface area contributed by atoms with Gasteiger partial charge in [-0.3, -0.25) is 9.59 Å². The number of allylic oxidation sites excluding steroid dienone is 1. The molecule has 1 N–H and O–H groups in total. The van der Waals surface area contributed by atoms with E-state index in [0.29, 0.717) is 6.61 Å². The monoisotopic (exact) mass is 300 g/mol. The molecule has 0 spiro atoms. The van der Waals surface area contributed by atoms with Crippen molar-refractivity contribution in [3.8, 4) is 0 Å². The van der Waals surface area contributed by atoms with Crippen LogP contribution in [-0.2, 0) is 23.8 Å². The lowest BCUT2D eigenvalue weighted by Crippen LogP contribution is -2.63. The summed E-state index contributed by atoms with van der Waals surface area (Å²) >= 11 is 0. The van der Waals surface area contributed by atoms with Gasteiger partial charge in [-0.15, -0.1) is 6.58 Å². The van der Waals surface area contributed by atoms with Crippen LogP contribution < -0.4 is 0 Å². The quantitative estimate of drug-likeness (QED) is 0.434. The lowest BCUT2D eigenvalue weighted by Gasteiger charge is -2.44. The summed E-state index contributed by atoms with van der Waals surface area (Å²) in [5, 5.41) is 10.5. The van der Waals surface area contributed by atoms with Crippen molar-refractivity contribution < 1.29 is 28.9 Å². The first-order valence-electron chi connectivity index (χ1n) is 7.11. The van der Waals surface area contributed by atoms with Crippen LogP contribution in [0.1, 0.15) is 40.0 Å². The van der Waals surface area contributed by atoms with E-state index in [2.05, 4.69) is 6.58 Å². The minimum absolute atomic E-state index is 0.119. The van der Waals surface area contributed by atoms with Gasteiger partial charge in [0.05, 0.1) is 12.7 Å². The molecule has 120 valence electrons. The Balaban J connectivity index is 2.74. The number of unbranched alkanes of at least 4 members (excludes halogenated alkanes) is 1. The van der Waals surface area contributed by atoms with Gasteiger partial charge in [0.1, 0.15) is 6.10 Å². The molecule has 0 aromatic heterocycles. The van der Waals surface area contributed by atoms with E-state index in [1.807, 2.05) is 0 Å². The van der Waals surface area contributed by atoms with Gasteiger partial charge in [-0.05, 0) is 26.7 Å². The van der Waals surface area contributed by atoms with Crippen LogP contribution in [0, 0.1) is 0 Å². The second-order valence-electron chi connectivity index (χ2n) is 5.22. The predicted octanol–water partition coefficient (Wildman–Crippen LogP) is 1.36. The number of aliphatic hydroxyl groups is 1. The number of hydrogen-bond donors (Lipinski definition) is 1. The predicted molar refractivity (Wildman–Crippen MR) is 75.5 cm³/mol.